The number of aromatic amines is 1. The SMILES string of the molecule is Cc1ccc2c(NC(=O)N3c4nc(C(=O)NCC(F)(F)F)ncc4N4CCC[C@H]3C4)n[nH]c2n1. The van der Waals surface area contributed by atoms with E-state index in [1.165, 1.54) is 11.1 Å². The van der Waals surface area contributed by atoms with Crippen LogP contribution in [0.1, 0.15) is 29.2 Å². The number of aryl methyl sites for hydroxylation is 1. The van der Waals surface area contributed by atoms with Crippen molar-refractivity contribution in [2.24, 2.45) is 0 Å². The lowest BCUT2D eigenvalue weighted by molar-refractivity contribution is -0.123. The van der Waals surface area contributed by atoms with Gasteiger partial charge in [-0.3, -0.25) is 20.1 Å². The van der Waals surface area contributed by atoms with Crippen molar-refractivity contribution in [3.05, 3.63) is 29.8 Å². The number of hydrogen-bond acceptors (Lipinski definition) is 7. The van der Waals surface area contributed by atoms with Crippen molar-refractivity contribution in [3.63, 3.8) is 0 Å². The fraction of sp³-hybridized carbons (Fsp3) is 0.400. The number of nitrogens with zero attached hydrogens (tertiary/aromatic N) is 6. The molecule has 0 spiro atoms. The highest BCUT2D eigenvalue weighted by atomic mass is 19.4. The van der Waals surface area contributed by atoms with Crippen molar-refractivity contribution >= 4 is 40.3 Å². The molecule has 178 valence electrons. The van der Waals surface area contributed by atoms with Crippen LogP contribution in [0.4, 0.5) is 35.3 Å². The number of carbonyl (C=O) groups is 2. The molecule has 3 amide bonds. The molecule has 1 fully saturated rings. The van der Waals surface area contributed by atoms with Crippen molar-refractivity contribution in [2.45, 2.75) is 32.0 Å². The minimum atomic E-state index is -4.57. The number of alkyl halides is 3. The van der Waals surface area contributed by atoms with Gasteiger partial charge < -0.3 is 10.2 Å². The van der Waals surface area contributed by atoms with Crippen molar-refractivity contribution in [1.82, 2.24) is 30.5 Å². The van der Waals surface area contributed by atoms with E-state index in [1.807, 2.05) is 11.8 Å². The fourth-order valence-electron chi connectivity index (χ4n) is 4.21. The van der Waals surface area contributed by atoms with E-state index in [-0.39, 0.29) is 17.7 Å². The summed E-state index contributed by atoms with van der Waals surface area (Å²) < 4.78 is 37.5. The van der Waals surface area contributed by atoms with Gasteiger partial charge in [-0.1, -0.05) is 0 Å². The van der Waals surface area contributed by atoms with Crippen LogP contribution in [0.25, 0.3) is 11.0 Å². The van der Waals surface area contributed by atoms with E-state index in [0.29, 0.717) is 29.7 Å². The first-order valence-electron chi connectivity index (χ1n) is 10.6. The van der Waals surface area contributed by atoms with Gasteiger partial charge in [-0.25, -0.2) is 19.7 Å². The zero-order valence-corrected chi connectivity index (χ0v) is 18.0. The molecule has 0 aliphatic carbocycles. The number of halogens is 3. The number of fused-ring (bicyclic) bond motifs is 5. The molecule has 2 aliphatic rings. The predicted molar refractivity (Wildman–Crippen MR) is 116 cm³/mol. The number of pyridine rings is 1. The molecule has 3 N–H and O–H groups in total. The lowest BCUT2D eigenvalue weighted by Crippen LogP contribution is -2.56. The predicted octanol–water partition coefficient (Wildman–Crippen LogP) is 2.37. The van der Waals surface area contributed by atoms with Crippen LogP contribution in [0, 0.1) is 6.92 Å². The van der Waals surface area contributed by atoms with Crippen LogP contribution in [0.2, 0.25) is 0 Å². The molecule has 1 saturated heterocycles. The van der Waals surface area contributed by atoms with Gasteiger partial charge in [0, 0.05) is 18.8 Å². The Kier molecular flexibility index (Phi) is 5.21. The van der Waals surface area contributed by atoms with Gasteiger partial charge in [0.05, 0.1) is 23.3 Å². The number of rotatable bonds is 3. The topological polar surface area (TPSA) is 132 Å². The zero-order valence-electron chi connectivity index (χ0n) is 18.0. The van der Waals surface area contributed by atoms with Crippen molar-refractivity contribution in [3.8, 4) is 0 Å². The monoisotopic (exact) mass is 475 g/mol. The molecule has 0 aromatic carbocycles. The molecule has 1 atom stereocenters. The Morgan fingerprint density at radius 1 is 1.26 bits per heavy atom. The highest BCUT2D eigenvalue weighted by molar-refractivity contribution is 6.07. The number of amides is 3. The van der Waals surface area contributed by atoms with E-state index in [4.69, 9.17) is 0 Å². The average molecular weight is 475 g/mol. The molecule has 2 bridgehead atoms. The maximum atomic E-state index is 13.4. The van der Waals surface area contributed by atoms with Crippen molar-refractivity contribution < 1.29 is 22.8 Å². The summed E-state index contributed by atoms with van der Waals surface area (Å²) in [5.41, 5.74) is 1.83. The second-order valence-corrected chi connectivity index (χ2v) is 8.16. The summed E-state index contributed by atoms with van der Waals surface area (Å²) in [4.78, 5) is 41.5. The Hall–Kier alpha value is -3.97. The number of urea groups is 1. The molecule has 34 heavy (non-hydrogen) atoms. The molecule has 11 nitrogen and oxygen atoms in total. The largest absolute Gasteiger partial charge is 0.405 e. The van der Waals surface area contributed by atoms with E-state index in [2.05, 4.69) is 30.5 Å². The first-order valence-corrected chi connectivity index (χ1v) is 10.6. The van der Waals surface area contributed by atoms with Crippen LogP contribution in [0.5, 0.6) is 0 Å². The molecule has 0 radical (unpaired) electrons. The van der Waals surface area contributed by atoms with Gasteiger partial charge in [0.15, 0.2) is 17.3 Å². The van der Waals surface area contributed by atoms with E-state index in [9.17, 15) is 22.8 Å². The lowest BCUT2D eigenvalue weighted by atomic mass is 10.0. The Bertz CT molecular complexity index is 1280. The van der Waals surface area contributed by atoms with E-state index in [0.717, 1.165) is 18.7 Å². The maximum absolute atomic E-state index is 13.4. The number of carbonyl (C=O) groups excluding carboxylic acids is 2. The second kappa shape index (κ2) is 8.11. The number of hydrogen-bond donors (Lipinski definition) is 3. The second-order valence-electron chi connectivity index (χ2n) is 8.16. The number of aromatic nitrogens is 5. The molecule has 14 heteroatoms. The first-order chi connectivity index (χ1) is 16.2. The van der Waals surface area contributed by atoms with Crippen molar-refractivity contribution in [2.75, 3.05) is 34.8 Å². The minimum Gasteiger partial charge on any atom is -0.365 e. The highest BCUT2D eigenvalue weighted by Gasteiger charge is 2.39. The summed E-state index contributed by atoms with van der Waals surface area (Å²) >= 11 is 0. The molecule has 0 saturated carbocycles. The van der Waals surface area contributed by atoms with Gasteiger partial charge in [-0.05, 0) is 31.9 Å². The van der Waals surface area contributed by atoms with E-state index >= 15 is 0 Å². The number of H-pyrrole nitrogens is 1. The van der Waals surface area contributed by atoms with Crippen LogP contribution in [-0.4, -0.2) is 68.9 Å². The van der Waals surface area contributed by atoms with Gasteiger partial charge in [0.2, 0.25) is 5.82 Å². The number of nitrogens with one attached hydrogen (secondary N) is 3. The third kappa shape index (κ3) is 4.06. The molecule has 5 heterocycles. The summed E-state index contributed by atoms with van der Waals surface area (Å²) in [6, 6.07) is 2.81. The standard InChI is InChI=1S/C20H20F3N9O2/c1-10-4-5-12-14(26-10)29-30-15(12)28-19(34)32-11-3-2-6-31(8-11)13-7-24-16(27-17(13)32)18(33)25-9-20(21,22)23/h4-5,7,11H,2-3,6,8-9H2,1H3,(H,25,33)(H2,26,28,29,30,34)/t11-/m0/s1. The van der Waals surface area contributed by atoms with Crippen molar-refractivity contribution in [1.29, 1.82) is 0 Å². The highest BCUT2D eigenvalue weighted by Crippen LogP contribution is 2.38. The maximum Gasteiger partial charge on any atom is 0.405 e. The fourth-order valence-corrected chi connectivity index (χ4v) is 4.21. The summed E-state index contributed by atoms with van der Waals surface area (Å²) in [5, 5.41) is 12.1. The summed E-state index contributed by atoms with van der Waals surface area (Å²) in [7, 11) is 0. The van der Waals surface area contributed by atoms with E-state index < -0.39 is 30.5 Å². The van der Waals surface area contributed by atoms with Crippen LogP contribution in [0.15, 0.2) is 18.3 Å². The van der Waals surface area contributed by atoms with Crippen LogP contribution in [-0.2, 0) is 0 Å². The number of anilines is 3. The molecular formula is C20H20F3N9O2. The molecule has 5 rings (SSSR count). The third-order valence-corrected chi connectivity index (χ3v) is 5.74. The first kappa shape index (κ1) is 21.9. The summed E-state index contributed by atoms with van der Waals surface area (Å²) in [6.07, 6.45) is -1.68. The third-order valence-electron chi connectivity index (χ3n) is 5.74. The lowest BCUT2D eigenvalue weighted by Gasteiger charge is -2.45. The molecular weight excluding hydrogens is 455 g/mol. The average Bonchev–Trinajstić information content (AvgIpc) is 3.18. The smallest absolute Gasteiger partial charge is 0.365 e. The molecule has 3 aromatic rings. The Morgan fingerprint density at radius 2 is 2.09 bits per heavy atom. The number of piperidine rings is 1. The van der Waals surface area contributed by atoms with Crippen LogP contribution < -0.4 is 20.4 Å². The Balaban J connectivity index is 1.46. The van der Waals surface area contributed by atoms with Gasteiger partial charge in [-0.15, -0.1) is 0 Å². The van der Waals surface area contributed by atoms with Gasteiger partial charge in [-0.2, -0.15) is 18.3 Å². The molecule has 0 unspecified atom stereocenters. The zero-order chi connectivity index (χ0) is 24.0. The van der Waals surface area contributed by atoms with Gasteiger partial charge >= 0.3 is 12.2 Å². The molecule has 3 aromatic heterocycles. The van der Waals surface area contributed by atoms with Crippen LogP contribution in [0.3, 0.4) is 0 Å². The minimum absolute atomic E-state index is 0.161. The van der Waals surface area contributed by atoms with E-state index in [1.54, 1.807) is 17.4 Å². The summed E-state index contributed by atoms with van der Waals surface area (Å²) in [6.45, 7) is 1.59. The molecule has 2 aliphatic heterocycles. The van der Waals surface area contributed by atoms with Gasteiger partial charge in [0.25, 0.3) is 5.91 Å². The van der Waals surface area contributed by atoms with Gasteiger partial charge in [0.1, 0.15) is 6.54 Å². The summed E-state index contributed by atoms with van der Waals surface area (Å²) in [5.74, 6) is -1.09. The normalized spacial score (nSPS) is 17.5. The Morgan fingerprint density at radius 3 is 2.88 bits per heavy atom. The quantitative estimate of drug-likeness (QED) is 0.530. The Labute approximate surface area is 190 Å². The van der Waals surface area contributed by atoms with Crippen LogP contribution >= 0.6 is 0 Å².